The van der Waals surface area contributed by atoms with Crippen molar-refractivity contribution in [2.45, 2.75) is 45.4 Å². The van der Waals surface area contributed by atoms with E-state index in [1.54, 1.807) is 6.20 Å². The van der Waals surface area contributed by atoms with Gasteiger partial charge < -0.3 is 15.0 Å². The van der Waals surface area contributed by atoms with Crippen LogP contribution in [0.2, 0.25) is 0 Å². The van der Waals surface area contributed by atoms with Crippen LogP contribution in [0.5, 0.6) is 0 Å². The SMILES string of the molecule is CC1(C)C(NCc2ncc[nH]2)C2CCCOC21. The zero-order chi connectivity index (χ0) is 11.9. The number of imidazole rings is 1. The van der Waals surface area contributed by atoms with Crippen molar-refractivity contribution in [2.24, 2.45) is 11.3 Å². The van der Waals surface area contributed by atoms with E-state index in [2.05, 4.69) is 29.1 Å². The van der Waals surface area contributed by atoms with Crippen LogP contribution in [0.1, 0.15) is 32.5 Å². The van der Waals surface area contributed by atoms with Crippen molar-refractivity contribution in [1.29, 1.82) is 0 Å². The molecule has 1 saturated heterocycles. The molecule has 1 aromatic rings. The fourth-order valence-corrected chi connectivity index (χ4v) is 3.54. The molecule has 1 aromatic heterocycles. The molecule has 3 rings (SSSR count). The summed E-state index contributed by atoms with van der Waals surface area (Å²) in [6, 6.07) is 0.554. The third-order valence-electron chi connectivity index (χ3n) is 4.38. The number of hydrogen-bond donors (Lipinski definition) is 2. The lowest BCUT2D eigenvalue weighted by Gasteiger charge is -2.60. The number of fused-ring (bicyclic) bond motifs is 1. The Bertz CT molecular complexity index is 374. The van der Waals surface area contributed by atoms with Crippen LogP contribution in [0, 0.1) is 11.3 Å². The molecular weight excluding hydrogens is 214 g/mol. The van der Waals surface area contributed by atoms with E-state index in [1.807, 2.05) is 6.20 Å². The van der Waals surface area contributed by atoms with Gasteiger partial charge in [0, 0.05) is 36.4 Å². The van der Waals surface area contributed by atoms with E-state index in [1.165, 1.54) is 12.8 Å². The number of H-pyrrole nitrogens is 1. The summed E-state index contributed by atoms with van der Waals surface area (Å²) in [5.41, 5.74) is 0.248. The quantitative estimate of drug-likeness (QED) is 0.838. The van der Waals surface area contributed by atoms with Crippen LogP contribution in [0.3, 0.4) is 0 Å². The Balaban J connectivity index is 1.62. The summed E-state index contributed by atoms with van der Waals surface area (Å²) in [7, 11) is 0. The number of aromatic amines is 1. The molecule has 17 heavy (non-hydrogen) atoms. The van der Waals surface area contributed by atoms with E-state index in [-0.39, 0.29) is 5.41 Å². The van der Waals surface area contributed by atoms with Crippen molar-refractivity contribution in [1.82, 2.24) is 15.3 Å². The van der Waals surface area contributed by atoms with E-state index in [9.17, 15) is 0 Å². The van der Waals surface area contributed by atoms with Crippen LogP contribution in [-0.4, -0.2) is 28.7 Å². The lowest BCUT2D eigenvalue weighted by Crippen LogP contribution is -2.69. The molecule has 4 nitrogen and oxygen atoms in total. The van der Waals surface area contributed by atoms with E-state index < -0.39 is 0 Å². The number of aromatic nitrogens is 2. The normalized spacial score (nSPS) is 35.1. The lowest BCUT2D eigenvalue weighted by atomic mass is 9.55. The summed E-state index contributed by atoms with van der Waals surface area (Å²) in [6.45, 7) is 6.37. The molecule has 1 aliphatic carbocycles. The van der Waals surface area contributed by atoms with Crippen molar-refractivity contribution in [3.8, 4) is 0 Å². The molecule has 0 radical (unpaired) electrons. The number of ether oxygens (including phenoxy) is 1. The van der Waals surface area contributed by atoms with E-state index in [0.717, 1.165) is 19.0 Å². The van der Waals surface area contributed by atoms with E-state index in [4.69, 9.17) is 4.74 Å². The zero-order valence-electron chi connectivity index (χ0n) is 10.6. The second-order valence-electron chi connectivity index (χ2n) is 5.81. The highest BCUT2D eigenvalue weighted by Crippen LogP contribution is 2.51. The van der Waals surface area contributed by atoms with Gasteiger partial charge in [0.25, 0.3) is 0 Å². The minimum atomic E-state index is 0.248. The predicted octanol–water partition coefficient (Wildman–Crippen LogP) is 1.70. The first-order chi connectivity index (χ1) is 8.19. The number of nitrogens with one attached hydrogen (secondary N) is 2. The fraction of sp³-hybridized carbons (Fsp3) is 0.769. The molecule has 2 aliphatic rings. The van der Waals surface area contributed by atoms with Gasteiger partial charge in [-0.3, -0.25) is 0 Å². The summed E-state index contributed by atoms with van der Waals surface area (Å²) >= 11 is 0. The Hall–Kier alpha value is -0.870. The third-order valence-corrected chi connectivity index (χ3v) is 4.38. The maximum absolute atomic E-state index is 5.90. The van der Waals surface area contributed by atoms with Gasteiger partial charge in [0.1, 0.15) is 5.82 Å². The van der Waals surface area contributed by atoms with E-state index in [0.29, 0.717) is 18.1 Å². The average Bonchev–Trinajstić information content (AvgIpc) is 2.82. The summed E-state index contributed by atoms with van der Waals surface area (Å²) in [6.07, 6.45) is 6.62. The van der Waals surface area contributed by atoms with Crippen LogP contribution in [0.25, 0.3) is 0 Å². The number of nitrogens with zero attached hydrogens (tertiary/aromatic N) is 1. The Morgan fingerprint density at radius 2 is 2.47 bits per heavy atom. The molecule has 2 heterocycles. The molecule has 1 aliphatic heterocycles. The Labute approximate surface area is 102 Å². The van der Waals surface area contributed by atoms with Gasteiger partial charge in [0.05, 0.1) is 12.6 Å². The predicted molar refractivity (Wildman–Crippen MR) is 65.5 cm³/mol. The van der Waals surface area contributed by atoms with Crippen LogP contribution in [0.4, 0.5) is 0 Å². The van der Waals surface area contributed by atoms with Crippen LogP contribution >= 0.6 is 0 Å². The maximum Gasteiger partial charge on any atom is 0.120 e. The molecule has 1 saturated carbocycles. The van der Waals surface area contributed by atoms with Gasteiger partial charge in [0.2, 0.25) is 0 Å². The van der Waals surface area contributed by atoms with Crippen LogP contribution in [0.15, 0.2) is 12.4 Å². The zero-order valence-corrected chi connectivity index (χ0v) is 10.6. The van der Waals surface area contributed by atoms with Gasteiger partial charge in [-0.15, -0.1) is 0 Å². The molecule has 94 valence electrons. The summed E-state index contributed by atoms with van der Waals surface area (Å²) < 4.78 is 5.90. The average molecular weight is 235 g/mol. The molecule has 0 bridgehead atoms. The Morgan fingerprint density at radius 1 is 1.59 bits per heavy atom. The molecule has 2 N–H and O–H groups in total. The van der Waals surface area contributed by atoms with Crippen molar-refractivity contribution < 1.29 is 4.74 Å². The van der Waals surface area contributed by atoms with Crippen molar-refractivity contribution in [3.05, 3.63) is 18.2 Å². The first-order valence-corrected chi connectivity index (χ1v) is 6.53. The van der Waals surface area contributed by atoms with Crippen molar-refractivity contribution in [3.63, 3.8) is 0 Å². The minimum Gasteiger partial charge on any atom is -0.377 e. The smallest absolute Gasteiger partial charge is 0.120 e. The fourth-order valence-electron chi connectivity index (χ4n) is 3.54. The highest BCUT2D eigenvalue weighted by molar-refractivity contribution is 5.10. The molecule has 4 heteroatoms. The number of rotatable bonds is 3. The second-order valence-corrected chi connectivity index (χ2v) is 5.81. The lowest BCUT2D eigenvalue weighted by molar-refractivity contribution is -0.193. The second kappa shape index (κ2) is 4.10. The standard InChI is InChI=1S/C13H21N3O/c1-13(2)11(9-4-3-7-17-12(9)13)16-8-10-14-5-6-15-10/h5-6,9,11-12,16H,3-4,7-8H2,1-2H3,(H,14,15). The molecular formula is C13H21N3O. The van der Waals surface area contributed by atoms with Crippen LogP contribution < -0.4 is 5.32 Å². The highest BCUT2D eigenvalue weighted by Gasteiger charge is 2.57. The molecule has 0 amide bonds. The topological polar surface area (TPSA) is 49.9 Å². The van der Waals surface area contributed by atoms with Crippen molar-refractivity contribution in [2.75, 3.05) is 6.61 Å². The van der Waals surface area contributed by atoms with E-state index >= 15 is 0 Å². The van der Waals surface area contributed by atoms with Gasteiger partial charge in [-0.1, -0.05) is 13.8 Å². The van der Waals surface area contributed by atoms with Crippen molar-refractivity contribution >= 4 is 0 Å². The molecule has 2 fully saturated rings. The molecule has 3 atom stereocenters. The Morgan fingerprint density at radius 3 is 3.24 bits per heavy atom. The maximum atomic E-state index is 5.90. The summed E-state index contributed by atoms with van der Waals surface area (Å²) in [5, 5.41) is 3.64. The van der Waals surface area contributed by atoms with Gasteiger partial charge in [-0.2, -0.15) is 0 Å². The summed E-state index contributed by atoms with van der Waals surface area (Å²) in [4.78, 5) is 7.38. The largest absolute Gasteiger partial charge is 0.377 e. The van der Waals surface area contributed by atoms with Gasteiger partial charge in [0.15, 0.2) is 0 Å². The molecule has 3 unspecified atom stereocenters. The summed E-state index contributed by atoms with van der Waals surface area (Å²) in [5.74, 6) is 1.70. The minimum absolute atomic E-state index is 0.248. The first kappa shape index (κ1) is 11.2. The Kier molecular flexibility index (Phi) is 2.71. The molecule has 0 aromatic carbocycles. The first-order valence-electron chi connectivity index (χ1n) is 6.53. The molecule has 0 spiro atoms. The van der Waals surface area contributed by atoms with Crippen LogP contribution in [-0.2, 0) is 11.3 Å². The monoisotopic (exact) mass is 235 g/mol. The van der Waals surface area contributed by atoms with Gasteiger partial charge in [-0.25, -0.2) is 4.98 Å². The van der Waals surface area contributed by atoms with Gasteiger partial charge in [-0.05, 0) is 12.8 Å². The number of hydrogen-bond acceptors (Lipinski definition) is 3. The van der Waals surface area contributed by atoms with Gasteiger partial charge >= 0.3 is 0 Å². The highest BCUT2D eigenvalue weighted by atomic mass is 16.5. The third kappa shape index (κ3) is 1.79.